The van der Waals surface area contributed by atoms with Crippen LogP contribution in [0.5, 0.6) is 11.5 Å². The van der Waals surface area contributed by atoms with Crippen molar-refractivity contribution in [3.8, 4) is 11.5 Å². The Kier molecular flexibility index (Phi) is 6.47. The SMILES string of the molecule is Br.CC1(C)CC(c2cccc(C(F)(F)F)c2)c2ccc(OCCN)cc2O1. The van der Waals surface area contributed by atoms with Gasteiger partial charge in [0.15, 0.2) is 0 Å². The molecule has 2 aromatic carbocycles. The third-order valence-corrected chi connectivity index (χ3v) is 4.45. The number of hydrogen-bond donors (Lipinski definition) is 1. The molecule has 0 spiro atoms. The summed E-state index contributed by atoms with van der Waals surface area (Å²) in [5.41, 5.74) is 5.82. The van der Waals surface area contributed by atoms with Gasteiger partial charge in [0, 0.05) is 24.1 Å². The zero-order valence-corrected chi connectivity index (χ0v) is 16.9. The van der Waals surface area contributed by atoms with Crippen LogP contribution in [0.1, 0.15) is 42.9 Å². The van der Waals surface area contributed by atoms with E-state index in [-0.39, 0.29) is 22.9 Å². The minimum atomic E-state index is -4.36. The van der Waals surface area contributed by atoms with E-state index in [4.69, 9.17) is 15.2 Å². The standard InChI is InChI=1S/C20H22F3NO2.BrH/c1-19(2)12-17(13-4-3-5-14(10-13)20(21,22)23)16-7-6-15(25-9-8-24)11-18(16)26-19;/h3-7,10-11,17H,8-9,12,24H2,1-2H3;1H. The van der Waals surface area contributed by atoms with Gasteiger partial charge in [-0.3, -0.25) is 0 Å². The summed E-state index contributed by atoms with van der Waals surface area (Å²) in [7, 11) is 0. The van der Waals surface area contributed by atoms with Gasteiger partial charge in [-0.2, -0.15) is 13.2 Å². The van der Waals surface area contributed by atoms with Gasteiger partial charge in [0.2, 0.25) is 0 Å². The molecule has 1 atom stereocenters. The number of rotatable bonds is 4. The monoisotopic (exact) mass is 445 g/mol. The van der Waals surface area contributed by atoms with E-state index in [1.165, 1.54) is 12.1 Å². The number of fused-ring (bicyclic) bond motifs is 1. The van der Waals surface area contributed by atoms with E-state index in [1.807, 2.05) is 19.9 Å². The second kappa shape index (κ2) is 8.10. The van der Waals surface area contributed by atoms with E-state index < -0.39 is 17.3 Å². The zero-order chi connectivity index (χ0) is 18.9. The van der Waals surface area contributed by atoms with Crippen molar-refractivity contribution in [2.75, 3.05) is 13.2 Å². The highest BCUT2D eigenvalue weighted by atomic mass is 79.9. The number of alkyl halides is 3. The van der Waals surface area contributed by atoms with Crippen LogP contribution in [0, 0.1) is 0 Å². The molecule has 1 unspecified atom stereocenters. The molecule has 1 heterocycles. The number of halogens is 4. The van der Waals surface area contributed by atoms with Crippen LogP contribution in [0.15, 0.2) is 42.5 Å². The van der Waals surface area contributed by atoms with Crippen molar-refractivity contribution in [1.82, 2.24) is 0 Å². The van der Waals surface area contributed by atoms with Crippen LogP contribution >= 0.6 is 17.0 Å². The molecule has 3 nitrogen and oxygen atoms in total. The van der Waals surface area contributed by atoms with Gasteiger partial charge >= 0.3 is 6.18 Å². The lowest BCUT2D eigenvalue weighted by molar-refractivity contribution is -0.137. The molecular weight excluding hydrogens is 423 g/mol. The smallest absolute Gasteiger partial charge is 0.416 e. The second-order valence-electron chi connectivity index (χ2n) is 7.08. The average Bonchev–Trinajstić information content (AvgIpc) is 2.57. The van der Waals surface area contributed by atoms with Gasteiger partial charge in [0.05, 0.1) is 5.56 Å². The normalized spacial score (nSPS) is 18.1. The maximum atomic E-state index is 13.1. The minimum absolute atomic E-state index is 0. The Bertz CT molecular complexity index is 793. The first-order chi connectivity index (χ1) is 12.2. The predicted octanol–water partition coefficient (Wildman–Crippen LogP) is 5.31. The van der Waals surface area contributed by atoms with Gasteiger partial charge in [0.1, 0.15) is 23.7 Å². The molecular formula is C20H23BrF3NO2. The van der Waals surface area contributed by atoms with Crippen molar-refractivity contribution < 1.29 is 22.6 Å². The lowest BCUT2D eigenvalue weighted by Crippen LogP contribution is -2.35. The van der Waals surface area contributed by atoms with Crippen LogP contribution in [0.3, 0.4) is 0 Å². The summed E-state index contributed by atoms with van der Waals surface area (Å²) in [4.78, 5) is 0. The third-order valence-electron chi connectivity index (χ3n) is 4.45. The van der Waals surface area contributed by atoms with E-state index in [0.29, 0.717) is 36.6 Å². The fourth-order valence-electron chi connectivity index (χ4n) is 3.33. The molecule has 0 radical (unpaired) electrons. The minimum Gasteiger partial charge on any atom is -0.492 e. The van der Waals surface area contributed by atoms with Crippen LogP contribution in [-0.4, -0.2) is 18.8 Å². The zero-order valence-electron chi connectivity index (χ0n) is 15.2. The molecule has 7 heteroatoms. The fourth-order valence-corrected chi connectivity index (χ4v) is 3.33. The second-order valence-corrected chi connectivity index (χ2v) is 7.08. The first kappa shape index (κ1) is 21.6. The Hall–Kier alpha value is -1.73. The molecule has 1 aliphatic rings. The van der Waals surface area contributed by atoms with Crippen LogP contribution in [0.2, 0.25) is 0 Å². The van der Waals surface area contributed by atoms with Gasteiger partial charge in [-0.25, -0.2) is 0 Å². The van der Waals surface area contributed by atoms with Crippen molar-refractivity contribution in [2.45, 2.75) is 38.0 Å². The van der Waals surface area contributed by atoms with Gasteiger partial charge in [-0.15, -0.1) is 17.0 Å². The summed E-state index contributed by atoms with van der Waals surface area (Å²) >= 11 is 0. The number of nitrogens with two attached hydrogens (primary N) is 1. The highest BCUT2D eigenvalue weighted by Gasteiger charge is 2.36. The number of benzene rings is 2. The molecule has 0 fully saturated rings. The van der Waals surface area contributed by atoms with E-state index >= 15 is 0 Å². The predicted molar refractivity (Wildman–Crippen MR) is 104 cm³/mol. The average molecular weight is 446 g/mol. The lowest BCUT2D eigenvalue weighted by Gasteiger charge is -2.38. The van der Waals surface area contributed by atoms with Gasteiger partial charge in [-0.05, 0) is 38.0 Å². The maximum absolute atomic E-state index is 13.1. The Morgan fingerprint density at radius 1 is 1.19 bits per heavy atom. The van der Waals surface area contributed by atoms with Crippen LogP contribution in [0.25, 0.3) is 0 Å². The molecule has 0 saturated heterocycles. The summed E-state index contributed by atoms with van der Waals surface area (Å²) in [5, 5.41) is 0. The highest BCUT2D eigenvalue weighted by molar-refractivity contribution is 8.93. The topological polar surface area (TPSA) is 44.5 Å². The first-order valence-corrected chi connectivity index (χ1v) is 8.52. The Balaban J connectivity index is 0.00000261. The Morgan fingerprint density at radius 2 is 1.93 bits per heavy atom. The Morgan fingerprint density at radius 3 is 2.59 bits per heavy atom. The van der Waals surface area contributed by atoms with Crippen LogP contribution in [0.4, 0.5) is 13.2 Å². The van der Waals surface area contributed by atoms with E-state index in [1.54, 1.807) is 18.2 Å². The van der Waals surface area contributed by atoms with Gasteiger partial charge in [0.25, 0.3) is 0 Å². The molecule has 0 bridgehead atoms. The van der Waals surface area contributed by atoms with Crippen molar-refractivity contribution >= 4 is 17.0 Å². The first-order valence-electron chi connectivity index (χ1n) is 8.52. The molecule has 148 valence electrons. The van der Waals surface area contributed by atoms with Crippen LogP contribution in [-0.2, 0) is 6.18 Å². The molecule has 1 aliphatic heterocycles. The van der Waals surface area contributed by atoms with Crippen molar-refractivity contribution in [2.24, 2.45) is 5.73 Å². The lowest BCUT2D eigenvalue weighted by atomic mass is 9.79. The van der Waals surface area contributed by atoms with E-state index in [0.717, 1.165) is 11.6 Å². The summed E-state index contributed by atoms with van der Waals surface area (Å²) in [6, 6.07) is 11.0. The molecule has 0 aromatic heterocycles. The third kappa shape index (κ3) is 4.96. The van der Waals surface area contributed by atoms with Crippen LogP contribution < -0.4 is 15.2 Å². The van der Waals surface area contributed by atoms with Crippen molar-refractivity contribution in [3.05, 3.63) is 59.2 Å². The summed E-state index contributed by atoms with van der Waals surface area (Å²) < 4.78 is 50.9. The van der Waals surface area contributed by atoms with E-state index in [9.17, 15) is 13.2 Å². The molecule has 0 aliphatic carbocycles. The maximum Gasteiger partial charge on any atom is 0.416 e. The number of hydrogen-bond acceptors (Lipinski definition) is 3. The van der Waals surface area contributed by atoms with Gasteiger partial charge in [-0.1, -0.05) is 24.3 Å². The summed E-state index contributed by atoms with van der Waals surface area (Å²) in [5.74, 6) is 1.09. The molecule has 0 saturated carbocycles. The fraction of sp³-hybridized carbons (Fsp3) is 0.400. The molecule has 2 aromatic rings. The largest absolute Gasteiger partial charge is 0.492 e. The molecule has 2 N–H and O–H groups in total. The van der Waals surface area contributed by atoms with Crippen molar-refractivity contribution in [1.29, 1.82) is 0 Å². The highest BCUT2D eigenvalue weighted by Crippen LogP contribution is 2.46. The molecule has 27 heavy (non-hydrogen) atoms. The van der Waals surface area contributed by atoms with Crippen molar-refractivity contribution in [3.63, 3.8) is 0 Å². The van der Waals surface area contributed by atoms with Gasteiger partial charge < -0.3 is 15.2 Å². The van der Waals surface area contributed by atoms with E-state index in [2.05, 4.69) is 0 Å². The molecule has 3 rings (SSSR count). The Labute approximate surface area is 167 Å². The quantitative estimate of drug-likeness (QED) is 0.692. The number of ether oxygens (including phenoxy) is 2. The molecule has 0 amide bonds. The summed E-state index contributed by atoms with van der Waals surface area (Å²) in [6.45, 7) is 4.66. The summed E-state index contributed by atoms with van der Waals surface area (Å²) in [6.07, 6.45) is -3.77.